The largest absolute Gasteiger partial charge is 0.497 e. The molecule has 0 aliphatic carbocycles. The summed E-state index contributed by atoms with van der Waals surface area (Å²) in [7, 11) is 1.59. The van der Waals surface area contributed by atoms with Gasteiger partial charge in [-0.15, -0.1) is 0 Å². The van der Waals surface area contributed by atoms with Crippen LogP contribution in [0.3, 0.4) is 0 Å². The van der Waals surface area contributed by atoms with Crippen LogP contribution in [0.2, 0.25) is 0 Å². The maximum absolute atomic E-state index is 12.0. The van der Waals surface area contributed by atoms with Gasteiger partial charge in [0, 0.05) is 18.2 Å². The van der Waals surface area contributed by atoms with Crippen molar-refractivity contribution < 1.29 is 19.1 Å². The van der Waals surface area contributed by atoms with Gasteiger partial charge < -0.3 is 14.8 Å². The Labute approximate surface area is 128 Å². The molecule has 0 fully saturated rings. The molecule has 5 nitrogen and oxygen atoms in total. The molecule has 1 amide bonds. The lowest BCUT2D eigenvalue weighted by Crippen LogP contribution is -2.12. The molecule has 2 rings (SSSR count). The number of amides is 1. The summed E-state index contributed by atoms with van der Waals surface area (Å²) in [6, 6.07) is 13.7. The topological polar surface area (TPSA) is 64.6 Å². The van der Waals surface area contributed by atoms with Crippen LogP contribution in [0.15, 0.2) is 48.5 Å². The number of carbonyl (C=O) groups is 2. The predicted molar refractivity (Wildman–Crippen MR) is 83.6 cm³/mol. The fourth-order valence-electron chi connectivity index (χ4n) is 1.85. The molecular formula is C17H17NO4. The Morgan fingerprint density at radius 3 is 2.09 bits per heavy atom. The summed E-state index contributed by atoms with van der Waals surface area (Å²) in [6.07, 6.45) is 0. The standard InChI is InChI=1S/C17H17NO4/c1-12(19)18-14-5-3-13(4-6-14)17(20)11-22-16-9-7-15(21-2)8-10-16/h3-10H,11H2,1-2H3,(H,18,19). The van der Waals surface area contributed by atoms with Crippen molar-refractivity contribution in [3.63, 3.8) is 0 Å². The van der Waals surface area contributed by atoms with Gasteiger partial charge in [-0.05, 0) is 48.5 Å². The molecule has 0 atom stereocenters. The van der Waals surface area contributed by atoms with E-state index in [0.29, 0.717) is 17.0 Å². The fraction of sp³-hybridized carbons (Fsp3) is 0.176. The first-order valence-electron chi connectivity index (χ1n) is 6.76. The summed E-state index contributed by atoms with van der Waals surface area (Å²) < 4.78 is 10.5. The van der Waals surface area contributed by atoms with Crippen LogP contribution in [0.4, 0.5) is 5.69 Å². The monoisotopic (exact) mass is 299 g/mol. The Balaban J connectivity index is 1.92. The highest BCUT2D eigenvalue weighted by molar-refractivity contribution is 5.98. The van der Waals surface area contributed by atoms with Crippen LogP contribution in [0.1, 0.15) is 17.3 Å². The number of Topliss-reactive ketones (excluding diaryl/α,β-unsaturated/α-hetero) is 1. The van der Waals surface area contributed by atoms with E-state index in [1.807, 2.05) is 0 Å². The number of hydrogen-bond donors (Lipinski definition) is 1. The molecule has 22 heavy (non-hydrogen) atoms. The lowest BCUT2D eigenvalue weighted by Gasteiger charge is -2.07. The van der Waals surface area contributed by atoms with E-state index in [4.69, 9.17) is 9.47 Å². The van der Waals surface area contributed by atoms with Crippen LogP contribution in [0.25, 0.3) is 0 Å². The Bertz CT molecular complexity index is 647. The minimum atomic E-state index is -0.151. The molecule has 0 spiro atoms. The molecule has 0 saturated heterocycles. The summed E-state index contributed by atoms with van der Waals surface area (Å²) >= 11 is 0. The van der Waals surface area contributed by atoms with E-state index < -0.39 is 0 Å². The summed E-state index contributed by atoms with van der Waals surface area (Å²) in [4.78, 5) is 23.0. The highest BCUT2D eigenvalue weighted by atomic mass is 16.5. The predicted octanol–water partition coefficient (Wildman–Crippen LogP) is 2.92. The van der Waals surface area contributed by atoms with Crippen molar-refractivity contribution in [2.24, 2.45) is 0 Å². The first-order chi connectivity index (χ1) is 10.6. The zero-order valence-corrected chi connectivity index (χ0v) is 12.5. The van der Waals surface area contributed by atoms with Crippen molar-refractivity contribution in [1.82, 2.24) is 0 Å². The molecule has 0 saturated carbocycles. The molecule has 0 unspecified atom stereocenters. The lowest BCUT2D eigenvalue weighted by molar-refractivity contribution is -0.114. The zero-order valence-electron chi connectivity index (χ0n) is 12.5. The van der Waals surface area contributed by atoms with Crippen LogP contribution in [-0.4, -0.2) is 25.4 Å². The van der Waals surface area contributed by atoms with Gasteiger partial charge in [0.1, 0.15) is 11.5 Å². The molecule has 0 radical (unpaired) electrons. The third-order valence-electron chi connectivity index (χ3n) is 2.96. The third kappa shape index (κ3) is 4.34. The molecule has 1 N–H and O–H groups in total. The van der Waals surface area contributed by atoms with E-state index >= 15 is 0 Å². The van der Waals surface area contributed by atoms with Gasteiger partial charge in [0.05, 0.1) is 7.11 Å². The normalized spacial score (nSPS) is 9.91. The first-order valence-corrected chi connectivity index (χ1v) is 6.76. The molecular weight excluding hydrogens is 282 g/mol. The van der Waals surface area contributed by atoms with Crippen LogP contribution >= 0.6 is 0 Å². The molecule has 5 heteroatoms. The van der Waals surface area contributed by atoms with Gasteiger partial charge in [0.2, 0.25) is 5.91 Å². The Hall–Kier alpha value is -2.82. The number of methoxy groups -OCH3 is 1. The summed E-state index contributed by atoms with van der Waals surface area (Å²) in [6.45, 7) is 1.38. The van der Waals surface area contributed by atoms with Crippen molar-refractivity contribution in [3.8, 4) is 11.5 Å². The van der Waals surface area contributed by atoms with Crippen molar-refractivity contribution >= 4 is 17.4 Å². The van der Waals surface area contributed by atoms with Crippen LogP contribution in [0, 0.1) is 0 Å². The maximum Gasteiger partial charge on any atom is 0.221 e. The summed E-state index contributed by atoms with van der Waals surface area (Å²) in [5.41, 5.74) is 1.18. The summed E-state index contributed by atoms with van der Waals surface area (Å²) in [5, 5.41) is 2.65. The molecule has 0 aliphatic rings. The van der Waals surface area contributed by atoms with Crippen molar-refractivity contribution in [3.05, 3.63) is 54.1 Å². The van der Waals surface area contributed by atoms with E-state index in [1.54, 1.807) is 55.6 Å². The number of ether oxygens (including phenoxy) is 2. The second-order valence-electron chi connectivity index (χ2n) is 4.65. The van der Waals surface area contributed by atoms with E-state index in [2.05, 4.69) is 5.32 Å². The number of benzene rings is 2. The molecule has 0 aromatic heterocycles. The Morgan fingerprint density at radius 2 is 1.55 bits per heavy atom. The number of anilines is 1. The SMILES string of the molecule is COc1ccc(OCC(=O)c2ccc(NC(C)=O)cc2)cc1. The van der Waals surface area contributed by atoms with Gasteiger partial charge in [-0.2, -0.15) is 0 Å². The van der Waals surface area contributed by atoms with Crippen molar-refractivity contribution in [2.45, 2.75) is 6.92 Å². The minimum Gasteiger partial charge on any atom is -0.497 e. The maximum atomic E-state index is 12.0. The smallest absolute Gasteiger partial charge is 0.221 e. The van der Waals surface area contributed by atoms with Gasteiger partial charge in [0.25, 0.3) is 0 Å². The number of ketones is 1. The van der Waals surface area contributed by atoms with Gasteiger partial charge in [-0.3, -0.25) is 9.59 Å². The van der Waals surface area contributed by atoms with Crippen molar-refractivity contribution in [1.29, 1.82) is 0 Å². The van der Waals surface area contributed by atoms with Gasteiger partial charge in [-0.25, -0.2) is 0 Å². The average Bonchev–Trinajstić information content (AvgIpc) is 2.53. The van der Waals surface area contributed by atoms with Crippen LogP contribution < -0.4 is 14.8 Å². The lowest BCUT2D eigenvalue weighted by atomic mass is 10.1. The molecule has 0 heterocycles. The first kappa shape index (κ1) is 15.6. The second kappa shape index (κ2) is 7.26. The number of nitrogens with one attached hydrogen (secondary N) is 1. The Kier molecular flexibility index (Phi) is 5.14. The number of carbonyl (C=O) groups excluding carboxylic acids is 2. The third-order valence-corrected chi connectivity index (χ3v) is 2.96. The minimum absolute atomic E-state index is 0.0498. The highest BCUT2D eigenvalue weighted by Crippen LogP contribution is 2.17. The zero-order chi connectivity index (χ0) is 15.9. The van der Waals surface area contributed by atoms with E-state index in [-0.39, 0.29) is 18.3 Å². The molecule has 114 valence electrons. The fourth-order valence-corrected chi connectivity index (χ4v) is 1.85. The van der Waals surface area contributed by atoms with E-state index in [0.717, 1.165) is 5.75 Å². The van der Waals surface area contributed by atoms with Gasteiger partial charge in [0.15, 0.2) is 12.4 Å². The van der Waals surface area contributed by atoms with Gasteiger partial charge >= 0.3 is 0 Å². The van der Waals surface area contributed by atoms with E-state index in [9.17, 15) is 9.59 Å². The van der Waals surface area contributed by atoms with Crippen LogP contribution in [0.5, 0.6) is 11.5 Å². The number of hydrogen-bond acceptors (Lipinski definition) is 4. The quantitative estimate of drug-likeness (QED) is 0.833. The molecule has 0 bridgehead atoms. The Morgan fingerprint density at radius 1 is 0.955 bits per heavy atom. The second-order valence-corrected chi connectivity index (χ2v) is 4.65. The highest BCUT2D eigenvalue weighted by Gasteiger charge is 2.07. The molecule has 0 aliphatic heterocycles. The molecule has 2 aromatic carbocycles. The van der Waals surface area contributed by atoms with E-state index in [1.165, 1.54) is 6.92 Å². The summed E-state index contributed by atoms with van der Waals surface area (Å²) in [5.74, 6) is 1.04. The molecule has 2 aromatic rings. The van der Waals surface area contributed by atoms with Crippen molar-refractivity contribution in [2.75, 3.05) is 19.0 Å². The van der Waals surface area contributed by atoms with Gasteiger partial charge in [-0.1, -0.05) is 0 Å². The average molecular weight is 299 g/mol. The number of rotatable bonds is 6. The van der Waals surface area contributed by atoms with Crippen LogP contribution in [-0.2, 0) is 4.79 Å².